The summed E-state index contributed by atoms with van der Waals surface area (Å²) in [5, 5.41) is 2.38. The third kappa shape index (κ3) is 3.61. The first-order chi connectivity index (χ1) is 7.63. The topological polar surface area (TPSA) is 81.4 Å². The van der Waals surface area contributed by atoms with Gasteiger partial charge in [-0.25, -0.2) is 4.79 Å². The Morgan fingerprint density at radius 3 is 2.50 bits per heavy atom. The number of carbonyl (C=O) groups excluding carboxylic acids is 2. The van der Waals surface area contributed by atoms with Gasteiger partial charge >= 0.3 is 6.09 Å². The van der Waals surface area contributed by atoms with Crippen LogP contribution < -0.4 is 11.1 Å². The molecule has 5 heteroatoms. The fourth-order valence-corrected chi connectivity index (χ4v) is 1.27. The highest BCUT2D eigenvalue weighted by atomic mass is 16.5. The SMILES string of the molecule is COC(=O)N[C@H](Cc1ccccc1)C(N)=O. The zero-order chi connectivity index (χ0) is 12.0. The van der Waals surface area contributed by atoms with Gasteiger partial charge < -0.3 is 15.8 Å². The van der Waals surface area contributed by atoms with Crippen molar-refractivity contribution in [3.05, 3.63) is 35.9 Å². The summed E-state index contributed by atoms with van der Waals surface area (Å²) in [7, 11) is 1.23. The van der Waals surface area contributed by atoms with Gasteiger partial charge in [0.1, 0.15) is 6.04 Å². The standard InChI is InChI=1S/C11H14N2O3/c1-16-11(15)13-9(10(12)14)7-8-5-3-2-4-6-8/h2-6,9H,7H2,1H3,(H2,12,14)(H,13,15)/t9-/m1/s1. The molecule has 0 saturated heterocycles. The van der Waals surface area contributed by atoms with Crippen LogP contribution in [0.1, 0.15) is 5.56 Å². The molecule has 3 N–H and O–H groups in total. The third-order valence-electron chi connectivity index (χ3n) is 2.10. The summed E-state index contributed by atoms with van der Waals surface area (Å²) >= 11 is 0. The zero-order valence-electron chi connectivity index (χ0n) is 8.97. The van der Waals surface area contributed by atoms with Crippen molar-refractivity contribution in [1.82, 2.24) is 5.32 Å². The van der Waals surface area contributed by atoms with Crippen LogP contribution in [0.2, 0.25) is 0 Å². The second-order valence-electron chi connectivity index (χ2n) is 3.28. The molecule has 0 aliphatic heterocycles. The van der Waals surface area contributed by atoms with E-state index in [4.69, 9.17) is 5.73 Å². The van der Waals surface area contributed by atoms with Gasteiger partial charge in [0.15, 0.2) is 0 Å². The predicted octanol–water partition coefficient (Wildman–Crippen LogP) is 0.439. The summed E-state index contributed by atoms with van der Waals surface area (Å²) in [4.78, 5) is 22.1. The molecule has 0 bridgehead atoms. The molecule has 16 heavy (non-hydrogen) atoms. The molecular weight excluding hydrogens is 208 g/mol. The van der Waals surface area contributed by atoms with Crippen LogP contribution in [-0.2, 0) is 16.0 Å². The van der Waals surface area contributed by atoms with E-state index in [0.717, 1.165) is 5.56 Å². The van der Waals surface area contributed by atoms with Crippen molar-refractivity contribution < 1.29 is 14.3 Å². The van der Waals surface area contributed by atoms with Gasteiger partial charge in [0.05, 0.1) is 7.11 Å². The molecular formula is C11H14N2O3. The molecule has 1 atom stereocenters. The number of amides is 2. The van der Waals surface area contributed by atoms with Crippen LogP contribution in [0.25, 0.3) is 0 Å². The van der Waals surface area contributed by atoms with Gasteiger partial charge in [0.25, 0.3) is 0 Å². The maximum Gasteiger partial charge on any atom is 0.407 e. The van der Waals surface area contributed by atoms with E-state index >= 15 is 0 Å². The molecule has 5 nitrogen and oxygen atoms in total. The number of hydrogen-bond donors (Lipinski definition) is 2. The van der Waals surface area contributed by atoms with Crippen LogP contribution in [-0.4, -0.2) is 25.2 Å². The predicted molar refractivity (Wildman–Crippen MR) is 58.7 cm³/mol. The number of primary amides is 1. The van der Waals surface area contributed by atoms with Gasteiger partial charge in [-0.3, -0.25) is 4.79 Å². The van der Waals surface area contributed by atoms with Crippen LogP contribution in [0.3, 0.4) is 0 Å². The van der Waals surface area contributed by atoms with E-state index < -0.39 is 18.0 Å². The van der Waals surface area contributed by atoms with Crippen molar-refractivity contribution in [2.75, 3.05) is 7.11 Å². The van der Waals surface area contributed by atoms with Crippen LogP contribution >= 0.6 is 0 Å². The highest BCUT2D eigenvalue weighted by molar-refractivity contribution is 5.84. The number of hydrogen-bond acceptors (Lipinski definition) is 3. The summed E-state index contributed by atoms with van der Waals surface area (Å²) in [5.74, 6) is -0.589. The van der Waals surface area contributed by atoms with Crippen molar-refractivity contribution in [3.8, 4) is 0 Å². The first-order valence-corrected chi connectivity index (χ1v) is 4.81. The molecule has 0 saturated carbocycles. The summed E-state index contributed by atoms with van der Waals surface area (Å²) in [6.07, 6.45) is -0.314. The molecule has 1 aromatic rings. The number of nitrogens with one attached hydrogen (secondary N) is 1. The second kappa shape index (κ2) is 5.75. The Labute approximate surface area is 93.6 Å². The van der Waals surface area contributed by atoms with Crippen molar-refractivity contribution in [2.45, 2.75) is 12.5 Å². The lowest BCUT2D eigenvalue weighted by Crippen LogP contribution is -2.45. The lowest BCUT2D eigenvalue weighted by atomic mass is 10.1. The van der Waals surface area contributed by atoms with Crippen LogP contribution in [0.4, 0.5) is 4.79 Å². The van der Waals surface area contributed by atoms with Crippen molar-refractivity contribution >= 4 is 12.0 Å². The highest BCUT2D eigenvalue weighted by Gasteiger charge is 2.18. The molecule has 0 unspecified atom stereocenters. The summed E-state index contributed by atoms with van der Waals surface area (Å²) < 4.78 is 4.41. The number of methoxy groups -OCH3 is 1. The lowest BCUT2D eigenvalue weighted by Gasteiger charge is -2.14. The van der Waals surface area contributed by atoms with Gasteiger partial charge in [0, 0.05) is 6.42 Å². The quantitative estimate of drug-likeness (QED) is 0.775. The van der Waals surface area contributed by atoms with E-state index in [1.165, 1.54) is 7.11 Å². The molecule has 0 radical (unpaired) electrons. The molecule has 0 fully saturated rings. The Morgan fingerprint density at radius 1 is 1.38 bits per heavy atom. The van der Waals surface area contributed by atoms with Crippen molar-refractivity contribution in [2.24, 2.45) is 5.73 Å². The maximum absolute atomic E-state index is 11.1. The van der Waals surface area contributed by atoms with E-state index in [9.17, 15) is 9.59 Å². The Morgan fingerprint density at radius 2 is 2.00 bits per heavy atom. The fourth-order valence-electron chi connectivity index (χ4n) is 1.27. The normalized spacial score (nSPS) is 11.6. The molecule has 0 aromatic heterocycles. The average Bonchev–Trinajstić information content (AvgIpc) is 2.29. The second-order valence-corrected chi connectivity index (χ2v) is 3.28. The minimum Gasteiger partial charge on any atom is -0.453 e. The molecule has 1 aromatic carbocycles. The summed E-state index contributed by atoms with van der Waals surface area (Å²) in [6.45, 7) is 0. The maximum atomic E-state index is 11.1. The average molecular weight is 222 g/mol. The monoisotopic (exact) mass is 222 g/mol. The first kappa shape index (κ1) is 12.0. The van der Waals surface area contributed by atoms with Crippen LogP contribution in [0.5, 0.6) is 0 Å². The molecule has 0 heterocycles. The van der Waals surface area contributed by atoms with E-state index in [1.54, 1.807) is 0 Å². The number of ether oxygens (including phenoxy) is 1. The number of rotatable bonds is 4. The van der Waals surface area contributed by atoms with E-state index in [-0.39, 0.29) is 0 Å². The highest BCUT2D eigenvalue weighted by Crippen LogP contribution is 2.03. The van der Waals surface area contributed by atoms with Gasteiger partial charge in [-0.1, -0.05) is 30.3 Å². The Balaban J connectivity index is 2.65. The zero-order valence-corrected chi connectivity index (χ0v) is 8.97. The van der Waals surface area contributed by atoms with Crippen molar-refractivity contribution in [1.29, 1.82) is 0 Å². The van der Waals surface area contributed by atoms with Crippen LogP contribution in [0.15, 0.2) is 30.3 Å². The molecule has 1 rings (SSSR count). The van der Waals surface area contributed by atoms with Crippen LogP contribution in [0, 0.1) is 0 Å². The largest absolute Gasteiger partial charge is 0.453 e. The van der Waals surface area contributed by atoms with Gasteiger partial charge in [-0.2, -0.15) is 0 Å². The summed E-state index contributed by atoms with van der Waals surface area (Å²) in [5.41, 5.74) is 6.10. The molecule has 0 aliphatic rings. The number of benzene rings is 1. The van der Waals surface area contributed by atoms with Gasteiger partial charge in [0.2, 0.25) is 5.91 Å². The number of alkyl carbamates (subject to hydrolysis) is 1. The third-order valence-corrected chi connectivity index (χ3v) is 2.10. The minimum atomic E-state index is -0.755. The van der Waals surface area contributed by atoms with Crippen molar-refractivity contribution in [3.63, 3.8) is 0 Å². The van der Waals surface area contributed by atoms with Gasteiger partial charge in [-0.05, 0) is 5.56 Å². The van der Waals surface area contributed by atoms with E-state index in [1.807, 2.05) is 30.3 Å². The smallest absolute Gasteiger partial charge is 0.407 e. The Kier molecular flexibility index (Phi) is 4.32. The molecule has 2 amide bonds. The lowest BCUT2D eigenvalue weighted by molar-refractivity contribution is -0.119. The summed E-state index contributed by atoms with van der Waals surface area (Å²) in [6, 6.07) is 8.53. The molecule has 0 spiro atoms. The number of nitrogens with two attached hydrogens (primary N) is 1. The minimum absolute atomic E-state index is 0.352. The van der Waals surface area contributed by atoms with E-state index in [0.29, 0.717) is 6.42 Å². The number of carbonyl (C=O) groups is 2. The molecule has 0 aliphatic carbocycles. The molecule has 86 valence electrons. The Bertz CT molecular complexity index is 365. The fraction of sp³-hybridized carbons (Fsp3) is 0.273. The first-order valence-electron chi connectivity index (χ1n) is 4.81. The van der Waals surface area contributed by atoms with E-state index in [2.05, 4.69) is 10.1 Å². The Hall–Kier alpha value is -2.04. The van der Waals surface area contributed by atoms with Gasteiger partial charge in [-0.15, -0.1) is 0 Å².